The third kappa shape index (κ3) is 4.73. The number of halogens is 1. The fourth-order valence-corrected chi connectivity index (χ4v) is 7.19. The van der Waals surface area contributed by atoms with E-state index >= 15 is 0 Å². The number of amides is 1. The molecule has 2 unspecified atom stereocenters. The molecule has 4 aliphatic rings. The molecular formula is C26H31FN4O5S. The molecule has 2 aliphatic carbocycles. The van der Waals surface area contributed by atoms with Crippen molar-refractivity contribution < 1.29 is 27.1 Å². The minimum atomic E-state index is -3.47. The van der Waals surface area contributed by atoms with Crippen molar-refractivity contribution in [3.63, 3.8) is 0 Å². The van der Waals surface area contributed by atoms with Crippen LogP contribution in [0.3, 0.4) is 0 Å². The standard InChI is InChI=1S/C26H31FN4O5S/c1-15-24(30-23-10-9-21(13-22(23)27)37(33,34)20-7-8-20)28-14-29-25(15)35-19-11-16-5-6-17(12-19)31(16)26(32)36-18-3-2-4-18/h9-10,13-14,16-20H,2-8,11-12H2,1H3,(H,28,29,30)/t16-,17?,19?/m0/s1. The summed E-state index contributed by atoms with van der Waals surface area (Å²) < 4.78 is 51.6. The minimum absolute atomic E-state index is 0.000905. The Bertz CT molecular complexity index is 1300. The van der Waals surface area contributed by atoms with Crippen LogP contribution in [0.5, 0.6) is 5.88 Å². The van der Waals surface area contributed by atoms with Crippen LogP contribution in [-0.2, 0) is 14.6 Å². The molecule has 2 aliphatic heterocycles. The molecule has 2 saturated carbocycles. The zero-order chi connectivity index (χ0) is 25.7. The highest BCUT2D eigenvalue weighted by molar-refractivity contribution is 7.92. The fourth-order valence-electron chi connectivity index (χ4n) is 5.52. The van der Waals surface area contributed by atoms with E-state index < -0.39 is 20.9 Å². The van der Waals surface area contributed by atoms with Gasteiger partial charge in [-0.05, 0) is 70.1 Å². The van der Waals surface area contributed by atoms with Gasteiger partial charge in [0, 0.05) is 24.9 Å². The molecule has 9 nitrogen and oxygen atoms in total. The second-order valence-electron chi connectivity index (χ2n) is 10.6. The quantitative estimate of drug-likeness (QED) is 0.550. The van der Waals surface area contributed by atoms with Gasteiger partial charge in [-0.3, -0.25) is 0 Å². The molecule has 3 heterocycles. The number of anilines is 2. The largest absolute Gasteiger partial charge is 0.474 e. The zero-order valence-corrected chi connectivity index (χ0v) is 21.5. The molecule has 2 saturated heterocycles. The third-order valence-corrected chi connectivity index (χ3v) is 10.3. The number of ether oxygens (including phenoxy) is 2. The normalized spacial score (nSPS) is 25.5. The topological polar surface area (TPSA) is 111 Å². The van der Waals surface area contributed by atoms with Crippen LogP contribution in [0, 0.1) is 12.7 Å². The van der Waals surface area contributed by atoms with E-state index in [4.69, 9.17) is 9.47 Å². The van der Waals surface area contributed by atoms with Crippen LogP contribution in [0.4, 0.5) is 20.7 Å². The lowest BCUT2D eigenvalue weighted by Crippen LogP contribution is -2.50. The maximum absolute atomic E-state index is 14.8. The van der Waals surface area contributed by atoms with Gasteiger partial charge in [0.1, 0.15) is 30.2 Å². The summed E-state index contributed by atoms with van der Waals surface area (Å²) in [6.45, 7) is 1.79. The summed E-state index contributed by atoms with van der Waals surface area (Å²) in [7, 11) is -3.47. The Kier molecular flexibility index (Phi) is 6.21. The van der Waals surface area contributed by atoms with E-state index in [0.29, 0.717) is 42.9 Å². The number of sulfone groups is 1. The molecule has 1 N–H and O–H groups in total. The molecule has 0 radical (unpaired) electrons. The molecule has 4 fully saturated rings. The lowest BCUT2D eigenvalue weighted by molar-refractivity contribution is -0.00513. The van der Waals surface area contributed by atoms with Gasteiger partial charge in [0.15, 0.2) is 9.84 Å². The van der Waals surface area contributed by atoms with E-state index in [2.05, 4.69) is 15.3 Å². The SMILES string of the molecule is Cc1c(Nc2ccc(S(=O)(=O)C3CC3)cc2F)ncnc1OC1CC2CC[C@@H](C1)N2C(=O)OC1CCC1. The van der Waals surface area contributed by atoms with Crippen LogP contribution < -0.4 is 10.1 Å². The first-order valence-electron chi connectivity index (χ1n) is 13.1. The summed E-state index contributed by atoms with van der Waals surface area (Å²) >= 11 is 0. The lowest BCUT2D eigenvalue weighted by Gasteiger charge is -2.39. The zero-order valence-electron chi connectivity index (χ0n) is 20.7. The number of nitrogens with zero attached hydrogens (tertiary/aromatic N) is 3. The number of nitrogens with one attached hydrogen (secondary N) is 1. The lowest BCUT2D eigenvalue weighted by atomic mass is 9.96. The van der Waals surface area contributed by atoms with Gasteiger partial charge in [0.05, 0.1) is 21.4 Å². The highest BCUT2D eigenvalue weighted by Gasteiger charge is 2.46. The summed E-state index contributed by atoms with van der Waals surface area (Å²) in [5.74, 6) is 0.117. The number of fused-ring (bicyclic) bond motifs is 2. The second kappa shape index (κ2) is 9.41. The number of piperidine rings is 1. The van der Waals surface area contributed by atoms with E-state index in [1.807, 2.05) is 4.90 Å². The smallest absolute Gasteiger partial charge is 0.410 e. The number of hydrogen-bond acceptors (Lipinski definition) is 8. The molecule has 2 bridgehead atoms. The van der Waals surface area contributed by atoms with Gasteiger partial charge < -0.3 is 19.7 Å². The van der Waals surface area contributed by atoms with Crippen molar-refractivity contribution in [2.45, 2.75) is 99.1 Å². The Hall–Kier alpha value is -2.95. The number of hydrogen-bond donors (Lipinski definition) is 1. The maximum atomic E-state index is 14.8. The van der Waals surface area contributed by atoms with Crippen molar-refractivity contribution in [1.82, 2.24) is 14.9 Å². The Morgan fingerprint density at radius 2 is 1.78 bits per heavy atom. The number of aromatic nitrogens is 2. The third-order valence-electron chi connectivity index (χ3n) is 8.02. The Labute approximate surface area is 215 Å². The Morgan fingerprint density at radius 3 is 2.41 bits per heavy atom. The predicted octanol–water partition coefficient (Wildman–Crippen LogP) is 4.67. The molecule has 1 aromatic heterocycles. The van der Waals surface area contributed by atoms with Gasteiger partial charge in [0.25, 0.3) is 0 Å². The number of carbonyl (C=O) groups excluding carboxylic acids is 1. The first-order chi connectivity index (χ1) is 17.8. The minimum Gasteiger partial charge on any atom is -0.474 e. The van der Waals surface area contributed by atoms with Crippen molar-refractivity contribution in [3.8, 4) is 5.88 Å². The van der Waals surface area contributed by atoms with Gasteiger partial charge in [-0.1, -0.05) is 0 Å². The van der Waals surface area contributed by atoms with Gasteiger partial charge in [-0.25, -0.2) is 27.6 Å². The molecule has 37 heavy (non-hydrogen) atoms. The van der Waals surface area contributed by atoms with E-state index in [0.717, 1.165) is 38.2 Å². The van der Waals surface area contributed by atoms with E-state index in [1.165, 1.54) is 18.5 Å². The van der Waals surface area contributed by atoms with Crippen LogP contribution in [-0.4, -0.2) is 58.9 Å². The molecule has 1 aromatic carbocycles. The summed E-state index contributed by atoms with van der Waals surface area (Å²) in [6.07, 6.45) is 8.68. The van der Waals surface area contributed by atoms with Crippen molar-refractivity contribution >= 4 is 27.4 Å². The van der Waals surface area contributed by atoms with Crippen LogP contribution in [0.2, 0.25) is 0 Å². The highest BCUT2D eigenvalue weighted by atomic mass is 32.2. The van der Waals surface area contributed by atoms with Crippen LogP contribution >= 0.6 is 0 Å². The molecule has 6 rings (SSSR count). The molecule has 3 atom stereocenters. The fraction of sp³-hybridized carbons (Fsp3) is 0.577. The van der Waals surface area contributed by atoms with Crippen molar-refractivity contribution in [2.24, 2.45) is 0 Å². The van der Waals surface area contributed by atoms with Gasteiger partial charge >= 0.3 is 6.09 Å². The average molecular weight is 531 g/mol. The maximum Gasteiger partial charge on any atom is 0.410 e. The first kappa shape index (κ1) is 24.4. The monoisotopic (exact) mass is 530 g/mol. The molecule has 0 spiro atoms. The second-order valence-corrected chi connectivity index (χ2v) is 12.8. The summed E-state index contributed by atoms with van der Waals surface area (Å²) in [4.78, 5) is 23.2. The van der Waals surface area contributed by atoms with E-state index in [9.17, 15) is 17.6 Å². The molecular weight excluding hydrogens is 499 g/mol. The number of carbonyl (C=O) groups is 1. The van der Waals surface area contributed by atoms with E-state index in [-0.39, 0.29) is 41.0 Å². The van der Waals surface area contributed by atoms with E-state index in [1.54, 1.807) is 6.92 Å². The average Bonchev–Trinajstić information content (AvgIpc) is 3.66. The summed E-state index contributed by atoms with van der Waals surface area (Å²) in [5, 5.41) is 2.55. The molecule has 11 heteroatoms. The van der Waals surface area contributed by atoms with Crippen LogP contribution in [0.15, 0.2) is 29.4 Å². The van der Waals surface area contributed by atoms with Crippen LogP contribution in [0.25, 0.3) is 0 Å². The predicted molar refractivity (Wildman–Crippen MR) is 133 cm³/mol. The number of rotatable bonds is 7. The van der Waals surface area contributed by atoms with Gasteiger partial charge in [0.2, 0.25) is 5.88 Å². The molecule has 1 amide bonds. The Morgan fingerprint density at radius 1 is 1.05 bits per heavy atom. The molecule has 2 aromatic rings. The summed E-state index contributed by atoms with van der Waals surface area (Å²) in [6, 6.07) is 4.09. The van der Waals surface area contributed by atoms with Gasteiger partial charge in [-0.2, -0.15) is 0 Å². The highest BCUT2D eigenvalue weighted by Crippen LogP contribution is 2.39. The Balaban J connectivity index is 1.12. The van der Waals surface area contributed by atoms with Crippen molar-refractivity contribution in [1.29, 1.82) is 0 Å². The number of benzene rings is 1. The first-order valence-corrected chi connectivity index (χ1v) is 14.6. The van der Waals surface area contributed by atoms with Crippen molar-refractivity contribution in [2.75, 3.05) is 5.32 Å². The summed E-state index contributed by atoms with van der Waals surface area (Å²) in [5.41, 5.74) is 0.745. The van der Waals surface area contributed by atoms with Crippen molar-refractivity contribution in [3.05, 3.63) is 35.9 Å². The van der Waals surface area contributed by atoms with Gasteiger partial charge in [-0.15, -0.1) is 0 Å². The molecule has 198 valence electrons. The van der Waals surface area contributed by atoms with Crippen LogP contribution in [0.1, 0.15) is 63.4 Å².